The van der Waals surface area contributed by atoms with Crippen LogP contribution in [0.25, 0.3) is 0 Å². The molecule has 0 atom stereocenters. The van der Waals surface area contributed by atoms with Crippen LogP contribution in [0.2, 0.25) is 0 Å². The van der Waals surface area contributed by atoms with Gasteiger partial charge in [0, 0.05) is 32.3 Å². The van der Waals surface area contributed by atoms with Crippen molar-refractivity contribution in [2.75, 3.05) is 39.9 Å². The van der Waals surface area contributed by atoms with Crippen molar-refractivity contribution in [2.45, 2.75) is 6.54 Å². The molecule has 1 aromatic rings. The molecule has 0 spiro atoms. The molecule has 0 saturated carbocycles. The van der Waals surface area contributed by atoms with E-state index in [1.165, 1.54) is 11.0 Å². The quantitative estimate of drug-likeness (QED) is 0.759. The summed E-state index contributed by atoms with van der Waals surface area (Å²) < 4.78 is 18.5. The lowest BCUT2D eigenvalue weighted by Gasteiger charge is -2.18. The Kier molecular flexibility index (Phi) is 5.71. The maximum atomic E-state index is 13.6. The van der Waals surface area contributed by atoms with Gasteiger partial charge in [0.1, 0.15) is 12.4 Å². The SMILES string of the molecule is COCCNC(=O)CN1CCN(Cc2ccccc2F)C1=O. The lowest BCUT2D eigenvalue weighted by Crippen LogP contribution is -2.40. The fourth-order valence-corrected chi connectivity index (χ4v) is 2.28. The monoisotopic (exact) mass is 309 g/mol. The minimum atomic E-state index is -0.328. The molecular weight excluding hydrogens is 289 g/mol. The van der Waals surface area contributed by atoms with E-state index >= 15 is 0 Å². The van der Waals surface area contributed by atoms with Gasteiger partial charge in [-0.05, 0) is 6.07 Å². The summed E-state index contributed by atoms with van der Waals surface area (Å²) in [4.78, 5) is 26.9. The van der Waals surface area contributed by atoms with Crippen molar-refractivity contribution in [3.63, 3.8) is 0 Å². The number of carbonyl (C=O) groups excluding carboxylic acids is 2. The van der Waals surface area contributed by atoms with Gasteiger partial charge >= 0.3 is 6.03 Å². The highest BCUT2D eigenvalue weighted by molar-refractivity contribution is 5.85. The smallest absolute Gasteiger partial charge is 0.320 e. The molecule has 22 heavy (non-hydrogen) atoms. The lowest BCUT2D eigenvalue weighted by atomic mass is 10.2. The predicted molar refractivity (Wildman–Crippen MR) is 78.7 cm³/mol. The zero-order valence-corrected chi connectivity index (χ0v) is 12.5. The normalized spacial score (nSPS) is 14.5. The van der Waals surface area contributed by atoms with Gasteiger partial charge in [0.05, 0.1) is 13.2 Å². The van der Waals surface area contributed by atoms with Gasteiger partial charge in [0.15, 0.2) is 0 Å². The third-order valence-corrected chi connectivity index (χ3v) is 3.46. The summed E-state index contributed by atoms with van der Waals surface area (Å²) >= 11 is 0. The highest BCUT2D eigenvalue weighted by atomic mass is 19.1. The van der Waals surface area contributed by atoms with Crippen LogP contribution in [0.4, 0.5) is 9.18 Å². The van der Waals surface area contributed by atoms with Gasteiger partial charge in [0.25, 0.3) is 0 Å². The third-order valence-electron chi connectivity index (χ3n) is 3.46. The number of nitrogens with zero attached hydrogens (tertiary/aromatic N) is 2. The van der Waals surface area contributed by atoms with E-state index < -0.39 is 0 Å². The molecule has 0 aliphatic carbocycles. The zero-order chi connectivity index (χ0) is 15.9. The van der Waals surface area contributed by atoms with Crippen molar-refractivity contribution in [1.29, 1.82) is 0 Å². The highest BCUT2D eigenvalue weighted by Gasteiger charge is 2.30. The average Bonchev–Trinajstić information content (AvgIpc) is 2.83. The Bertz CT molecular complexity index is 539. The van der Waals surface area contributed by atoms with Gasteiger partial charge in [-0.25, -0.2) is 9.18 Å². The molecule has 1 saturated heterocycles. The number of hydrogen-bond donors (Lipinski definition) is 1. The molecule has 0 bridgehead atoms. The summed E-state index contributed by atoms with van der Waals surface area (Å²) in [5.41, 5.74) is 0.474. The summed E-state index contributed by atoms with van der Waals surface area (Å²) in [6, 6.07) is 6.13. The molecule has 0 radical (unpaired) electrons. The second kappa shape index (κ2) is 7.74. The van der Waals surface area contributed by atoms with Gasteiger partial charge in [-0.3, -0.25) is 4.79 Å². The fraction of sp³-hybridized carbons (Fsp3) is 0.467. The van der Waals surface area contributed by atoms with E-state index in [1.54, 1.807) is 30.2 Å². The molecule has 1 aromatic carbocycles. The van der Waals surface area contributed by atoms with Gasteiger partial charge < -0.3 is 19.9 Å². The summed E-state index contributed by atoms with van der Waals surface area (Å²) in [6.45, 7) is 2.02. The number of hydrogen-bond acceptors (Lipinski definition) is 3. The number of rotatable bonds is 7. The van der Waals surface area contributed by atoms with E-state index in [9.17, 15) is 14.0 Å². The zero-order valence-electron chi connectivity index (χ0n) is 12.5. The summed E-state index contributed by atoms with van der Waals surface area (Å²) in [6.07, 6.45) is 0. The Balaban J connectivity index is 1.85. The van der Waals surface area contributed by atoms with Crippen molar-refractivity contribution in [2.24, 2.45) is 0 Å². The number of amides is 3. The molecule has 2 rings (SSSR count). The standard InChI is InChI=1S/C15H20FN3O3/c1-22-9-6-17-14(20)11-19-8-7-18(15(19)21)10-12-4-2-3-5-13(12)16/h2-5H,6-11H2,1H3,(H,17,20). The maximum absolute atomic E-state index is 13.6. The average molecular weight is 309 g/mol. The van der Waals surface area contributed by atoms with Crippen LogP contribution in [-0.2, 0) is 16.1 Å². The van der Waals surface area contributed by atoms with Crippen molar-refractivity contribution in [3.05, 3.63) is 35.6 Å². The third kappa shape index (κ3) is 4.17. The molecule has 6 nitrogen and oxygen atoms in total. The summed E-state index contributed by atoms with van der Waals surface area (Å²) in [5.74, 6) is -0.552. The van der Waals surface area contributed by atoms with Crippen LogP contribution in [0.3, 0.4) is 0 Å². The molecule has 1 N–H and O–H groups in total. The van der Waals surface area contributed by atoms with Crippen LogP contribution in [0, 0.1) is 5.82 Å². The van der Waals surface area contributed by atoms with Crippen LogP contribution < -0.4 is 5.32 Å². The molecule has 1 heterocycles. The minimum absolute atomic E-state index is 0.0102. The molecular formula is C15H20FN3O3. The number of benzene rings is 1. The second-order valence-corrected chi connectivity index (χ2v) is 5.06. The Morgan fingerprint density at radius 1 is 1.32 bits per heavy atom. The largest absolute Gasteiger partial charge is 0.383 e. The Hall–Kier alpha value is -2.15. The van der Waals surface area contributed by atoms with Crippen molar-refractivity contribution < 1.29 is 18.7 Å². The van der Waals surface area contributed by atoms with Crippen LogP contribution in [-0.4, -0.2) is 61.6 Å². The van der Waals surface area contributed by atoms with Crippen LogP contribution in [0.15, 0.2) is 24.3 Å². The van der Waals surface area contributed by atoms with Gasteiger partial charge in [-0.15, -0.1) is 0 Å². The number of halogens is 1. The van der Waals surface area contributed by atoms with Crippen LogP contribution >= 0.6 is 0 Å². The number of urea groups is 1. The molecule has 120 valence electrons. The van der Waals surface area contributed by atoms with Gasteiger partial charge in [-0.1, -0.05) is 18.2 Å². The predicted octanol–water partition coefficient (Wildman–Crippen LogP) is 0.826. The van der Waals surface area contributed by atoms with E-state index in [0.717, 1.165) is 0 Å². The van der Waals surface area contributed by atoms with Crippen LogP contribution in [0.5, 0.6) is 0 Å². The van der Waals surface area contributed by atoms with Gasteiger partial charge in [-0.2, -0.15) is 0 Å². The Labute approximate surface area is 128 Å². The topological polar surface area (TPSA) is 61.9 Å². The number of nitrogens with one attached hydrogen (secondary N) is 1. The number of ether oxygens (including phenoxy) is 1. The highest BCUT2D eigenvalue weighted by Crippen LogP contribution is 2.15. The van der Waals surface area contributed by atoms with Crippen molar-refractivity contribution >= 4 is 11.9 Å². The maximum Gasteiger partial charge on any atom is 0.320 e. The first-order chi connectivity index (χ1) is 10.6. The number of carbonyl (C=O) groups is 2. The molecule has 0 aromatic heterocycles. The second-order valence-electron chi connectivity index (χ2n) is 5.06. The van der Waals surface area contributed by atoms with E-state index in [2.05, 4.69) is 5.32 Å². The minimum Gasteiger partial charge on any atom is -0.383 e. The van der Waals surface area contributed by atoms with E-state index in [0.29, 0.717) is 31.8 Å². The van der Waals surface area contributed by atoms with Crippen LogP contribution in [0.1, 0.15) is 5.56 Å². The Morgan fingerprint density at radius 3 is 2.77 bits per heavy atom. The molecule has 7 heteroatoms. The summed E-state index contributed by atoms with van der Waals surface area (Å²) in [5, 5.41) is 2.67. The fourth-order valence-electron chi connectivity index (χ4n) is 2.28. The van der Waals surface area contributed by atoms with Crippen molar-refractivity contribution in [3.8, 4) is 0 Å². The molecule has 3 amide bonds. The number of methoxy groups -OCH3 is 1. The van der Waals surface area contributed by atoms with E-state index in [1.807, 2.05) is 0 Å². The first-order valence-corrected chi connectivity index (χ1v) is 7.14. The molecule has 1 aliphatic rings. The van der Waals surface area contributed by atoms with E-state index in [-0.39, 0.29) is 30.8 Å². The molecule has 1 fully saturated rings. The summed E-state index contributed by atoms with van der Waals surface area (Å²) in [7, 11) is 1.55. The first kappa shape index (κ1) is 16.2. The van der Waals surface area contributed by atoms with Crippen molar-refractivity contribution in [1.82, 2.24) is 15.1 Å². The lowest BCUT2D eigenvalue weighted by molar-refractivity contribution is -0.121. The van der Waals surface area contributed by atoms with E-state index in [4.69, 9.17) is 4.74 Å². The molecule has 1 aliphatic heterocycles. The molecule has 0 unspecified atom stereocenters. The van der Waals surface area contributed by atoms with Gasteiger partial charge in [0.2, 0.25) is 5.91 Å². The Morgan fingerprint density at radius 2 is 2.05 bits per heavy atom. The first-order valence-electron chi connectivity index (χ1n) is 7.14.